The first-order chi connectivity index (χ1) is 7.28. The molecular weight excluding hydrogens is 190 g/mol. The highest BCUT2D eigenvalue weighted by Crippen LogP contribution is 2.26. The van der Waals surface area contributed by atoms with Crippen LogP contribution in [0.3, 0.4) is 0 Å². The van der Waals surface area contributed by atoms with Crippen molar-refractivity contribution in [3.8, 4) is 0 Å². The predicted octanol–water partition coefficient (Wildman–Crippen LogP) is 0.531. The van der Waals surface area contributed by atoms with Gasteiger partial charge in [0.05, 0.1) is 7.05 Å². The van der Waals surface area contributed by atoms with Gasteiger partial charge in [-0.3, -0.25) is 0 Å². The Kier molecular flexibility index (Phi) is 3.30. The number of nitrogens with one attached hydrogen (secondary N) is 1. The number of rotatable bonds is 3. The second-order valence-electron chi connectivity index (χ2n) is 4.42. The molecule has 0 aromatic carbocycles. The number of aryl methyl sites for hydroxylation is 1. The van der Waals surface area contributed by atoms with Crippen LogP contribution < -0.4 is 5.32 Å². The molecule has 0 bridgehead atoms. The van der Waals surface area contributed by atoms with E-state index in [1.807, 2.05) is 14.1 Å². The van der Waals surface area contributed by atoms with Gasteiger partial charge in [-0.1, -0.05) is 6.42 Å². The molecule has 2 rings (SSSR count). The van der Waals surface area contributed by atoms with Crippen LogP contribution >= 0.6 is 0 Å². The number of aromatic nitrogens is 4. The third kappa shape index (κ3) is 2.75. The summed E-state index contributed by atoms with van der Waals surface area (Å²) in [5.41, 5.74) is 0. The molecule has 1 aromatic rings. The fraction of sp³-hybridized carbons (Fsp3) is 0.900. The van der Waals surface area contributed by atoms with Crippen LogP contribution in [-0.2, 0) is 13.5 Å². The third-order valence-corrected chi connectivity index (χ3v) is 3.21. The van der Waals surface area contributed by atoms with Crippen LogP contribution in [0.25, 0.3) is 0 Å². The Morgan fingerprint density at radius 2 is 2.33 bits per heavy atom. The van der Waals surface area contributed by atoms with E-state index in [1.54, 1.807) is 0 Å². The standard InChI is InChI=1S/C10H19N5/c1-11-9-5-3-4-8(6-9)7-10-12-14-15(2)13-10/h8-9,11H,3-7H2,1-2H3. The molecule has 5 nitrogen and oxygen atoms in total. The maximum Gasteiger partial charge on any atom is 0.175 e. The Bertz CT molecular complexity index is 309. The van der Waals surface area contributed by atoms with Crippen molar-refractivity contribution in [3.05, 3.63) is 5.82 Å². The summed E-state index contributed by atoms with van der Waals surface area (Å²) in [6.07, 6.45) is 6.15. The quantitative estimate of drug-likeness (QED) is 0.789. The molecule has 5 heteroatoms. The van der Waals surface area contributed by atoms with Gasteiger partial charge in [0.1, 0.15) is 0 Å². The molecule has 0 saturated heterocycles. The van der Waals surface area contributed by atoms with Crippen LogP contribution in [0.2, 0.25) is 0 Å². The average molecular weight is 209 g/mol. The number of hydrogen-bond donors (Lipinski definition) is 1. The summed E-state index contributed by atoms with van der Waals surface area (Å²) >= 11 is 0. The van der Waals surface area contributed by atoms with Crippen molar-refractivity contribution in [1.29, 1.82) is 0 Å². The van der Waals surface area contributed by atoms with Gasteiger partial charge in [-0.25, -0.2) is 0 Å². The van der Waals surface area contributed by atoms with Crippen LogP contribution in [0.5, 0.6) is 0 Å². The average Bonchev–Trinajstić information content (AvgIpc) is 2.64. The molecule has 1 aliphatic carbocycles. The van der Waals surface area contributed by atoms with E-state index < -0.39 is 0 Å². The van der Waals surface area contributed by atoms with Gasteiger partial charge in [-0.05, 0) is 37.4 Å². The molecule has 0 aliphatic heterocycles. The lowest BCUT2D eigenvalue weighted by Gasteiger charge is -2.27. The molecule has 0 amide bonds. The molecule has 2 unspecified atom stereocenters. The Labute approximate surface area is 90.2 Å². The second kappa shape index (κ2) is 4.70. The summed E-state index contributed by atoms with van der Waals surface area (Å²) in [7, 11) is 3.86. The lowest BCUT2D eigenvalue weighted by atomic mass is 9.84. The van der Waals surface area contributed by atoms with Gasteiger partial charge >= 0.3 is 0 Å². The SMILES string of the molecule is CNC1CCCC(Cc2nnn(C)n2)C1. The van der Waals surface area contributed by atoms with Crippen LogP contribution in [0.1, 0.15) is 31.5 Å². The first-order valence-electron chi connectivity index (χ1n) is 5.68. The van der Waals surface area contributed by atoms with Crippen molar-refractivity contribution < 1.29 is 0 Å². The molecule has 1 heterocycles. The lowest BCUT2D eigenvalue weighted by molar-refractivity contribution is 0.291. The second-order valence-corrected chi connectivity index (χ2v) is 4.42. The summed E-state index contributed by atoms with van der Waals surface area (Å²) in [4.78, 5) is 1.54. The zero-order chi connectivity index (χ0) is 10.7. The zero-order valence-electron chi connectivity index (χ0n) is 9.48. The molecule has 1 fully saturated rings. The van der Waals surface area contributed by atoms with Crippen molar-refractivity contribution in [2.24, 2.45) is 13.0 Å². The van der Waals surface area contributed by atoms with Gasteiger partial charge in [-0.15, -0.1) is 10.2 Å². The highest BCUT2D eigenvalue weighted by atomic mass is 15.6. The summed E-state index contributed by atoms with van der Waals surface area (Å²) in [6.45, 7) is 0. The lowest BCUT2D eigenvalue weighted by Crippen LogP contribution is -2.32. The van der Waals surface area contributed by atoms with Gasteiger partial charge in [0.15, 0.2) is 5.82 Å². The molecule has 1 aliphatic rings. The van der Waals surface area contributed by atoms with Crippen molar-refractivity contribution in [3.63, 3.8) is 0 Å². The molecule has 1 aromatic heterocycles. The molecule has 2 atom stereocenters. The molecule has 84 valence electrons. The fourth-order valence-electron chi connectivity index (χ4n) is 2.40. The number of hydrogen-bond acceptors (Lipinski definition) is 4. The van der Waals surface area contributed by atoms with E-state index in [4.69, 9.17) is 0 Å². The largest absolute Gasteiger partial charge is 0.317 e. The topological polar surface area (TPSA) is 55.6 Å². The van der Waals surface area contributed by atoms with Crippen LogP contribution in [0.15, 0.2) is 0 Å². The van der Waals surface area contributed by atoms with Gasteiger partial charge in [0, 0.05) is 12.5 Å². The summed E-state index contributed by atoms with van der Waals surface area (Å²) in [6, 6.07) is 0.681. The van der Waals surface area contributed by atoms with E-state index in [0.29, 0.717) is 6.04 Å². The van der Waals surface area contributed by atoms with Crippen molar-refractivity contribution in [2.75, 3.05) is 7.05 Å². The first-order valence-corrected chi connectivity index (χ1v) is 5.68. The maximum absolute atomic E-state index is 4.23. The van der Waals surface area contributed by atoms with Crippen molar-refractivity contribution >= 4 is 0 Å². The van der Waals surface area contributed by atoms with Crippen LogP contribution in [0.4, 0.5) is 0 Å². The predicted molar refractivity (Wildman–Crippen MR) is 57.3 cm³/mol. The van der Waals surface area contributed by atoms with E-state index in [2.05, 4.69) is 20.7 Å². The number of tetrazole rings is 1. The van der Waals surface area contributed by atoms with Crippen LogP contribution in [0, 0.1) is 5.92 Å². The molecule has 15 heavy (non-hydrogen) atoms. The molecule has 1 N–H and O–H groups in total. The zero-order valence-corrected chi connectivity index (χ0v) is 9.48. The smallest absolute Gasteiger partial charge is 0.175 e. The Morgan fingerprint density at radius 3 is 3.00 bits per heavy atom. The summed E-state index contributed by atoms with van der Waals surface area (Å²) < 4.78 is 0. The highest BCUT2D eigenvalue weighted by molar-refractivity contribution is 4.85. The fourth-order valence-corrected chi connectivity index (χ4v) is 2.40. The summed E-state index contributed by atoms with van der Waals surface area (Å²) in [5.74, 6) is 1.61. The third-order valence-electron chi connectivity index (χ3n) is 3.21. The van der Waals surface area contributed by atoms with E-state index >= 15 is 0 Å². The molecule has 0 spiro atoms. The minimum absolute atomic E-state index is 0.681. The van der Waals surface area contributed by atoms with Crippen molar-refractivity contribution in [1.82, 2.24) is 25.5 Å². The molecular formula is C10H19N5. The van der Waals surface area contributed by atoms with Crippen LogP contribution in [-0.4, -0.2) is 33.3 Å². The van der Waals surface area contributed by atoms with Gasteiger partial charge in [0.25, 0.3) is 0 Å². The molecule has 0 radical (unpaired) electrons. The Hall–Kier alpha value is -0.970. The minimum atomic E-state index is 0.681. The van der Waals surface area contributed by atoms with E-state index in [9.17, 15) is 0 Å². The van der Waals surface area contributed by atoms with E-state index in [1.165, 1.54) is 30.5 Å². The van der Waals surface area contributed by atoms with E-state index in [0.717, 1.165) is 18.2 Å². The normalized spacial score (nSPS) is 26.8. The van der Waals surface area contributed by atoms with E-state index in [-0.39, 0.29) is 0 Å². The maximum atomic E-state index is 4.23. The van der Waals surface area contributed by atoms with Gasteiger partial charge < -0.3 is 5.32 Å². The first kappa shape index (κ1) is 10.5. The monoisotopic (exact) mass is 209 g/mol. The Morgan fingerprint density at radius 1 is 1.47 bits per heavy atom. The summed E-state index contributed by atoms with van der Waals surface area (Å²) in [5, 5.41) is 15.5. The van der Waals surface area contributed by atoms with Crippen molar-refractivity contribution in [2.45, 2.75) is 38.1 Å². The Balaban J connectivity index is 1.88. The molecule has 1 saturated carbocycles. The minimum Gasteiger partial charge on any atom is -0.317 e. The van der Waals surface area contributed by atoms with Gasteiger partial charge in [0.2, 0.25) is 0 Å². The van der Waals surface area contributed by atoms with Gasteiger partial charge in [-0.2, -0.15) is 4.80 Å². The highest BCUT2D eigenvalue weighted by Gasteiger charge is 2.22. The number of nitrogens with zero attached hydrogens (tertiary/aromatic N) is 4.